The summed E-state index contributed by atoms with van der Waals surface area (Å²) in [5.74, 6) is -3.83. The Morgan fingerprint density at radius 2 is 2.00 bits per heavy atom. The van der Waals surface area contributed by atoms with E-state index in [1.54, 1.807) is 23.4 Å². The van der Waals surface area contributed by atoms with Crippen molar-refractivity contribution in [2.24, 2.45) is 0 Å². The van der Waals surface area contributed by atoms with Gasteiger partial charge in [-0.25, -0.2) is 23.4 Å². The van der Waals surface area contributed by atoms with Gasteiger partial charge in [-0.15, -0.1) is 0 Å². The summed E-state index contributed by atoms with van der Waals surface area (Å²) in [7, 11) is 0. The fourth-order valence-electron chi connectivity index (χ4n) is 5.34. The maximum atomic E-state index is 15.5. The Kier molecular flexibility index (Phi) is 8.55. The van der Waals surface area contributed by atoms with Crippen molar-refractivity contribution in [2.75, 3.05) is 18.9 Å². The quantitative estimate of drug-likeness (QED) is 0.194. The van der Waals surface area contributed by atoms with Crippen LogP contribution in [0.4, 0.5) is 19.0 Å². The van der Waals surface area contributed by atoms with Crippen molar-refractivity contribution in [1.82, 2.24) is 24.6 Å². The summed E-state index contributed by atoms with van der Waals surface area (Å²) in [6.45, 7) is 6.46. The molecule has 10 nitrogen and oxygen atoms in total. The third-order valence-electron chi connectivity index (χ3n) is 7.28. The molecule has 1 atom stereocenters. The Bertz CT molecular complexity index is 1800. The second kappa shape index (κ2) is 12.3. The monoisotopic (exact) mass is 605 g/mol. The Balaban J connectivity index is 1.46. The van der Waals surface area contributed by atoms with Gasteiger partial charge >= 0.3 is 0 Å². The average Bonchev–Trinajstić information content (AvgIpc) is 3.59. The molecule has 1 aliphatic rings. The zero-order valence-corrected chi connectivity index (χ0v) is 24.4. The summed E-state index contributed by atoms with van der Waals surface area (Å²) in [4.78, 5) is 23.5. The molecule has 3 heterocycles. The largest absolute Gasteiger partial charge is 0.454 e. The second-order valence-electron chi connectivity index (χ2n) is 10.8. The number of aromatic nitrogens is 4. The lowest BCUT2D eigenvalue weighted by Gasteiger charge is -2.26. The summed E-state index contributed by atoms with van der Waals surface area (Å²) in [5.41, 5.74) is 5.92. The number of halogens is 3. The molecule has 2 aromatic carbocycles. The van der Waals surface area contributed by atoms with Crippen molar-refractivity contribution >= 4 is 22.8 Å². The third-order valence-corrected chi connectivity index (χ3v) is 7.28. The van der Waals surface area contributed by atoms with Crippen LogP contribution in [0.5, 0.6) is 11.5 Å². The molecule has 0 aliphatic carbocycles. The molecule has 4 aromatic rings. The van der Waals surface area contributed by atoms with Gasteiger partial charge in [-0.2, -0.15) is 14.8 Å². The number of rotatable bonds is 9. The molecule has 2 N–H and O–H groups in total. The lowest BCUT2D eigenvalue weighted by atomic mass is 10.0. The number of likely N-dealkylation sites (tertiary alicyclic amines) is 1. The predicted octanol–water partition coefficient (Wildman–Crippen LogP) is 5.54. The van der Waals surface area contributed by atoms with Gasteiger partial charge in [-0.1, -0.05) is 6.07 Å². The van der Waals surface area contributed by atoms with Crippen LogP contribution in [0, 0.1) is 28.8 Å². The number of amides is 1. The van der Waals surface area contributed by atoms with Crippen LogP contribution in [0.2, 0.25) is 0 Å². The topological polar surface area (TPSA) is 132 Å². The van der Waals surface area contributed by atoms with Gasteiger partial charge in [0, 0.05) is 24.8 Å². The maximum Gasteiger partial charge on any atom is 0.264 e. The SMILES string of the molecule is CCOC(C)(C)/C=C(/C#N)C(=O)N1CCC[C@H]1Cn1nc(-c2ccc(Oc3cccc(F)c3F)cc2F)c2c(N)ncnc21. The standard InChI is InChI=1S/C31H30F3N7O3/c1-4-43-31(2,3)14-18(15-35)30(42)40-12-6-7-19(40)16-41-29-25(28(36)37-17-38-29)27(39-41)21-11-10-20(13-23(21)33)44-24-9-5-8-22(32)26(24)34/h5,8-11,13-14,17,19H,4,6-7,12,16H2,1-3H3,(H2,36,37,38)/b18-14-/t19-/m0/s1. The van der Waals surface area contributed by atoms with Crippen LogP contribution >= 0.6 is 0 Å². The molecule has 1 fully saturated rings. The summed E-state index contributed by atoms with van der Waals surface area (Å²) in [5, 5.41) is 14.7. The van der Waals surface area contributed by atoms with E-state index in [4.69, 9.17) is 15.2 Å². The Hall–Kier alpha value is -4.96. The van der Waals surface area contributed by atoms with Gasteiger partial charge in [0.05, 0.1) is 23.6 Å². The van der Waals surface area contributed by atoms with Crippen LogP contribution in [0.25, 0.3) is 22.3 Å². The fraction of sp³-hybridized carbons (Fsp3) is 0.323. The van der Waals surface area contributed by atoms with Gasteiger partial charge in [-0.05, 0) is 64.0 Å². The minimum absolute atomic E-state index is 0.0181. The molecule has 0 spiro atoms. The van der Waals surface area contributed by atoms with E-state index in [0.29, 0.717) is 30.6 Å². The van der Waals surface area contributed by atoms with Crippen LogP contribution in [0.15, 0.2) is 54.4 Å². The molecule has 1 saturated heterocycles. The van der Waals surface area contributed by atoms with Crippen molar-refractivity contribution in [3.63, 3.8) is 0 Å². The van der Waals surface area contributed by atoms with Crippen LogP contribution in [-0.4, -0.2) is 55.4 Å². The van der Waals surface area contributed by atoms with Gasteiger partial charge in [0.2, 0.25) is 5.82 Å². The van der Waals surface area contributed by atoms with E-state index in [1.807, 2.05) is 13.0 Å². The first-order valence-corrected chi connectivity index (χ1v) is 14.0. The minimum atomic E-state index is -1.19. The van der Waals surface area contributed by atoms with E-state index in [-0.39, 0.29) is 41.0 Å². The zero-order valence-electron chi connectivity index (χ0n) is 24.4. The summed E-state index contributed by atoms with van der Waals surface area (Å²) in [6, 6.07) is 8.94. The van der Waals surface area contributed by atoms with Gasteiger partial charge in [-0.3, -0.25) is 4.79 Å². The van der Waals surface area contributed by atoms with E-state index in [0.717, 1.165) is 18.6 Å². The van der Waals surface area contributed by atoms with Crippen LogP contribution < -0.4 is 10.5 Å². The highest BCUT2D eigenvalue weighted by Gasteiger charge is 2.33. The highest BCUT2D eigenvalue weighted by atomic mass is 19.2. The average molecular weight is 606 g/mol. The van der Waals surface area contributed by atoms with E-state index in [2.05, 4.69) is 15.1 Å². The molecule has 0 bridgehead atoms. The van der Waals surface area contributed by atoms with Crippen molar-refractivity contribution in [2.45, 2.75) is 51.8 Å². The Morgan fingerprint density at radius 3 is 2.73 bits per heavy atom. The molecule has 1 amide bonds. The van der Waals surface area contributed by atoms with E-state index in [1.165, 1.54) is 36.7 Å². The normalized spacial score (nSPS) is 15.5. The van der Waals surface area contributed by atoms with Gasteiger partial charge < -0.3 is 20.1 Å². The number of carbonyl (C=O) groups is 1. The zero-order chi connectivity index (χ0) is 31.6. The molecule has 2 aromatic heterocycles. The van der Waals surface area contributed by atoms with Crippen LogP contribution in [0.3, 0.4) is 0 Å². The Morgan fingerprint density at radius 1 is 1.20 bits per heavy atom. The number of nitrogen functional groups attached to an aromatic ring is 1. The first-order valence-electron chi connectivity index (χ1n) is 14.0. The minimum Gasteiger partial charge on any atom is -0.454 e. The fourth-order valence-corrected chi connectivity index (χ4v) is 5.34. The molecular formula is C31H30F3N7O3. The highest BCUT2D eigenvalue weighted by molar-refractivity contribution is 5.99. The molecule has 13 heteroatoms. The van der Waals surface area contributed by atoms with Crippen molar-refractivity contribution in [3.05, 3.63) is 71.8 Å². The van der Waals surface area contributed by atoms with E-state index in [9.17, 15) is 18.8 Å². The van der Waals surface area contributed by atoms with Crippen molar-refractivity contribution in [3.8, 4) is 28.8 Å². The number of fused-ring (bicyclic) bond motifs is 1. The first-order chi connectivity index (χ1) is 21.0. The van der Waals surface area contributed by atoms with Gasteiger partial charge in [0.25, 0.3) is 5.91 Å². The second-order valence-corrected chi connectivity index (χ2v) is 10.8. The highest BCUT2D eigenvalue weighted by Crippen LogP contribution is 2.35. The van der Waals surface area contributed by atoms with E-state index < -0.39 is 34.7 Å². The molecule has 0 unspecified atom stereocenters. The number of carbonyl (C=O) groups excluding carboxylic acids is 1. The van der Waals surface area contributed by atoms with Crippen molar-refractivity contribution < 1.29 is 27.4 Å². The molecule has 44 heavy (non-hydrogen) atoms. The number of ether oxygens (including phenoxy) is 2. The molecule has 228 valence electrons. The summed E-state index contributed by atoms with van der Waals surface area (Å²) >= 11 is 0. The molecule has 5 rings (SSSR count). The number of benzene rings is 2. The van der Waals surface area contributed by atoms with Gasteiger partial charge in [0.15, 0.2) is 17.2 Å². The number of nitrogens with zero attached hydrogens (tertiary/aromatic N) is 6. The number of anilines is 1. The lowest BCUT2D eigenvalue weighted by Crippen LogP contribution is -2.39. The molecular weight excluding hydrogens is 575 g/mol. The van der Waals surface area contributed by atoms with Crippen LogP contribution in [-0.2, 0) is 16.1 Å². The number of hydrogen-bond acceptors (Lipinski definition) is 8. The smallest absolute Gasteiger partial charge is 0.264 e. The number of nitriles is 1. The maximum absolute atomic E-state index is 15.5. The molecule has 1 aliphatic heterocycles. The predicted molar refractivity (Wildman–Crippen MR) is 156 cm³/mol. The number of hydrogen-bond donors (Lipinski definition) is 1. The van der Waals surface area contributed by atoms with Crippen molar-refractivity contribution in [1.29, 1.82) is 5.26 Å². The lowest BCUT2D eigenvalue weighted by molar-refractivity contribution is -0.127. The Labute approximate surface area is 251 Å². The van der Waals surface area contributed by atoms with Crippen LogP contribution in [0.1, 0.15) is 33.6 Å². The van der Waals surface area contributed by atoms with Gasteiger partial charge in [0.1, 0.15) is 41.0 Å². The third kappa shape index (κ3) is 6.07. The first kappa shape index (κ1) is 30.5. The molecule has 0 saturated carbocycles. The number of nitrogens with two attached hydrogens (primary N) is 1. The summed E-state index contributed by atoms with van der Waals surface area (Å²) in [6.07, 6.45) is 4.16. The van der Waals surface area contributed by atoms with E-state index >= 15 is 4.39 Å². The summed E-state index contributed by atoms with van der Waals surface area (Å²) < 4.78 is 55.7. The molecule has 0 radical (unpaired) electrons.